The summed E-state index contributed by atoms with van der Waals surface area (Å²) in [6, 6.07) is -0.261. The Labute approximate surface area is 89.3 Å². The highest BCUT2D eigenvalue weighted by molar-refractivity contribution is 7.90. The quantitative estimate of drug-likeness (QED) is 0.652. The fraction of sp³-hybridized carbons (Fsp3) is 0.889. The summed E-state index contributed by atoms with van der Waals surface area (Å²) in [5, 5.41) is 3.17. The van der Waals surface area contributed by atoms with Crippen molar-refractivity contribution < 1.29 is 13.2 Å². The Morgan fingerprint density at radius 1 is 1.60 bits per heavy atom. The van der Waals surface area contributed by atoms with Crippen molar-refractivity contribution in [3.63, 3.8) is 0 Å². The number of hydrogen-bond donors (Lipinski definition) is 2. The molecule has 3 atom stereocenters. The zero-order valence-corrected chi connectivity index (χ0v) is 9.51. The summed E-state index contributed by atoms with van der Waals surface area (Å²) in [6.45, 7) is 0. The second-order valence-electron chi connectivity index (χ2n) is 4.77. The Bertz CT molecular complexity index is 392. The average molecular weight is 232 g/mol. The third kappa shape index (κ3) is 2.15. The number of rotatable bonds is 4. The zero-order chi connectivity index (χ0) is 11.3. The fourth-order valence-electron chi connectivity index (χ4n) is 2.49. The molecule has 2 fully saturated rings. The zero-order valence-electron chi connectivity index (χ0n) is 8.69. The molecule has 0 spiro atoms. The van der Waals surface area contributed by atoms with Crippen LogP contribution in [0.15, 0.2) is 0 Å². The van der Waals surface area contributed by atoms with E-state index in [2.05, 4.69) is 5.32 Å². The molecule has 2 rings (SSSR count). The second kappa shape index (κ2) is 3.18. The summed E-state index contributed by atoms with van der Waals surface area (Å²) in [7, 11) is -2.92. The van der Waals surface area contributed by atoms with Crippen LogP contribution >= 0.6 is 0 Å². The molecule has 0 bridgehead atoms. The van der Waals surface area contributed by atoms with Crippen molar-refractivity contribution in [2.24, 2.45) is 11.7 Å². The molecule has 1 aliphatic carbocycles. The standard InChI is InChI=1S/C9H16N2O3S/c1-15(13,14)3-2-9-5-6(9)4-7(11-9)8(10)12/h6-7,11H,2-5H2,1H3,(H2,10,12). The van der Waals surface area contributed by atoms with E-state index in [1.807, 2.05) is 0 Å². The molecule has 1 heterocycles. The van der Waals surface area contributed by atoms with Crippen LogP contribution in [0.2, 0.25) is 0 Å². The van der Waals surface area contributed by atoms with Crippen LogP contribution in [0.5, 0.6) is 0 Å². The number of nitrogens with one attached hydrogen (secondary N) is 1. The van der Waals surface area contributed by atoms with Crippen LogP contribution in [0.3, 0.4) is 0 Å². The van der Waals surface area contributed by atoms with Gasteiger partial charge in [-0.3, -0.25) is 10.1 Å². The Hall–Kier alpha value is -0.620. The molecular formula is C9H16N2O3S. The van der Waals surface area contributed by atoms with Crippen LogP contribution < -0.4 is 11.1 Å². The van der Waals surface area contributed by atoms with Crippen molar-refractivity contribution >= 4 is 15.7 Å². The predicted molar refractivity (Wildman–Crippen MR) is 55.9 cm³/mol. The van der Waals surface area contributed by atoms with Crippen LogP contribution in [0.25, 0.3) is 0 Å². The maximum Gasteiger partial charge on any atom is 0.234 e. The van der Waals surface area contributed by atoms with Gasteiger partial charge in [-0.15, -0.1) is 0 Å². The number of carbonyl (C=O) groups is 1. The monoisotopic (exact) mass is 232 g/mol. The summed E-state index contributed by atoms with van der Waals surface area (Å²) in [5.41, 5.74) is 5.09. The number of sulfone groups is 1. The van der Waals surface area contributed by atoms with Crippen LogP contribution in [0.4, 0.5) is 0 Å². The second-order valence-corrected chi connectivity index (χ2v) is 7.03. The van der Waals surface area contributed by atoms with Gasteiger partial charge in [0.2, 0.25) is 5.91 Å². The Morgan fingerprint density at radius 2 is 2.27 bits per heavy atom. The van der Waals surface area contributed by atoms with Crippen molar-refractivity contribution in [2.75, 3.05) is 12.0 Å². The molecule has 0 aromatic carbocycles. The lowest BCUT2D eigenvalue weighted by molar-refractivity contribution is -0.120. The molecule has 1 amide bonds. The third-order valence-electron chi connectivity index (χ3n) is 3.48. The minimum Gasteiger partial charge on any atom is -0.368 e. The number of amides is 1. The minimum absolute atomic E-state index is 0.108. The van der Waals surface area contributed by atoms with Gasteiger partial charge in [-0.1, -0.05) is 0 Å². The maximum atomic E-state index is 11.0. The molecule has 3 unspecified atom stereocenters. The molecule has 1 saturated heterocycles. The van der Waals surface area contributed by atoms with E-state index >= 15 is 0 Å². The molecule has 0 aromatic heterocycles. The molecule has 3 N–H and O–H groups in total. The fourth-order valence-corrected chi connectivity index (χ4v) is 3.23. The SMILES string of the molecule is CS(=O)(=O)CCC12CC1CC(C(N)=O)N2. The smallest absolute Gasteiger partial charge is 0.234 e. The van der Waals surface area contributed by atoms with Gasteiger partial charge in [0.25, 0.3) is 0 Å². The lowest BCUT2D eigenvalue weighted by atomic mass is 10.1. The first kappa shape index (κ1) is 10.9. The van der Waals surface area contributed by atoms with Crippen LogP contribution in [-0.4, -0.2) is 37.9 Å². The van der Waals surface area contributed by atoms with E-state index in [9.17, 15) is 13.2 Å². The van der Waals surface area contributed by atoms with Gasteiger partial charge in [0, 0.05) is 11.8 Å². The summed E-state index contributed by atoms with van der Waals surface area (Å²) < 4.78 is 22.1. The largest absolute Gasteiger partial charge is 0.368 e. The molecule has 2 aliphatic rings. The lowest BCUT2D eigenvalue weighted by Crippen LogP contribution is -2.44. The van der Waals surface area contributed by atoms with Crippen LogP contribution in [0, 0.1) is 5.92 Å². The third-order valence-corrected chi connectivity index (χ3v) is 4.42. The van der Waals surface area contributed by atoms with E-state index in [4.69, 9.17) is 5.73 Å². The summed E-state index contributed by atoms with van der Waals surface area (Å²) in [5.74, 6) is 0.291. The molecular weight excluding hydrogens is 216 g/mol. The van der Waals surface area contributed by atoms with Gasteiger partial charge < -0.3 is 5.73 Å². The number of fused-ring (bicyclic) bond motifs is 1. The molecule has 15 heavy (non-hydrogen) atoms. The van der Waals surface area contributed by atoms with E-state index in [0.717, 1.165) is 12.8 Å². The molecule has 1 saturated carbocycles. The van der Waals surface area contributed by atoms with Crippen LogP contribution in [0.1, 0.15) is 19.3 Å². The maximum absolute atomic E-state index is 11.0. The minimum atomic E-state index is -2.92. The first-order chi connectivity index (χ1) is 6.82. The van der Waals surface area contributed by atoms with Gasteiger partial charge in [0.05, 0.1) is 11.8 Å². The Balaban J connectivity index is 1.93. The number of nitrogens with two attached hydrogens (primary N) is 1. The summed E-state index contributed by atoms with van der Waals surface area (Å²) >= 11 is 0. The molecule has 0 radical (unpaired) electrons. The van der Waals surface area contributed by atoms with Crippen molar-refractivity contribution in [1.29, 1.82) is 0 Å². The summed E-state index contributed by atoms with van der Waals surface area (Å²) in [6.07, 6.45) is 3.58. The highest BCUT2D eigenvalue weighted by atomic mass is 32.2. The molecule has 6 heteroatoms. The van der Waals surface area contributed by atoms with Gasteiger partial charge in [-0.2, -0.15) is 0 Å². The number of piperidine rings is 1. The van der Waals surface area contributed by atoms with Crippen molar-refractivity contribution in [2.45, 2.75) is 30.8 Å². The van der Waals surface area contributed by atoms with Gasteiger partial charge >= 0.3 is 0 Å². The number of carbonyl (C=O) groups excluding carboxylic acids is 1. The average Bonchev–Trinajstić information content (AvgIpc) is 2.65. The van der Waals surface area contributed by atoms with Crippen molar-refractivity contribution in [1.82, 2.24) is 5.32 Å². The van der Waals surface area contributed by atoms with E-state index in [0.29, 0.717) is 12.3 Å². The van der Waals surface area contributed by atoms with Crippen LogP contribution in [-0.2, 0) is 14.6 Å². The van der Waals surface area contributed by atoms with E-state index in [1.54, 1.807) is 0 Å². The first-order valence-corrected chi connectivity index (χ1v) is 7.13. The highest BCUT2D eigenvalue weighted by Crippen LogP contribution is 2.53. The molecule has 0 aromatic rings. The topological polar surface area (TPSA) is 89.3 Å². The molecule has 86 valence electrons. The molecule has 1 aliphatic heterocycles. The van der Waals surface area contributed by atoms with E-state index in [1.165, 1.54) is 6.26 Å². The lowest BCUT2D eigenvalue weighted by Gasteiger charge is -2.16. The Morgan fingerprint density at radius 3 is 2.73 bits per heavy atom. The van der Waals surface area contributed by atoms with Gasteiger partial charge in [0.1, 0.15) is 9.84 Å². The van der Waals surface area contributed by atoms with E-state index in [-0.39, 0.29) is 23.2 Å². The first-order valence-electron chi connectivity index (χ1n) is 5.07. The molecule has 5 nitrogen and oxygen atoms in total. The number of hydrogen-bond acceptors (Lipinski definition) is 4. The van der Waals surface area contributed by atoms with E-state index < -0.39 is 9.84 Å². The van der Waals surface area contributed by atoms with Crippen molar-refractivity contribution in [3.8, 4) is 0 Å². The predicted octanol–water partition coefficient (Wildman–Crippen LogP) is -0.973. The summed E-state index contributed by atoms with van der Waals surface area (Å²) in [4.78, 5) is 11.0. The normalized spacial score (nSPS) is 38.7. The highest BCUT2D eigenvalue weighted by Gasteiger charge is 2.60. The van der Waals surface area contributed by atoms with Gasteiger partial charge in [-0.25, -0.2) is 8.42 Å². The van der Waals surface area contributed by atoms with Gasteiger partial charge in [-0.05, 0) is 25.2 Å². The Kier molecular flexibility index (Phi) is 2.31. The number of primary amides is 1. The van der Waals surface area contributed by atoms with Crippen molar-refractivity contribution in [3.05, 3.63) is 0 Å². The van der Waals surface area contributed by atoms with Gasteiger partial charge in [0.15, 0.2) is 0 Å².